The van der Waals surface area contributed by atoms with Crippen molar-refractivity contribution in [2.24, 2.45) is 41.4 Å². The van der Waals surface area contributed by atoms with Crippen molar-refractivity contribution in [3.63, 3.8) is 0 Å². The number of hydrogen-bond acceptors (Lipinski definition) is 29. The first-order valence-corrected chi connectivity index (χ1v) is 44.2. The number of anilines is 6. The third-order valence-corrected chi connectivity index (χ3v) is 29.0. The monoisotopic (exact) mass is 1580 g/mol. The Labute approximate surface area is 657 Å². The normalized spacial score (nSPS) is 26.8. The van der Waals surface area contributed by atoms with Crippen LogP contribution in [-0.2, 0) is 38.9 Å². The molecule has 8 saturated carbocycles. The van der Waals surface area contributed by atoms with Crippen molar-refractivity contribution in [3.8, 4) is 31.7 Å². The summed E-state index contributed by atoms with van der Waals surface area (Å²) in [4.78, 5) is 60.6. The summed E-state index contributed by atoms with van der Waals surface area (Å²) in [6, 6.07) is 13.5. The highest BCUT2D eigenvalue weighted by atomic mass is 32.2. The highest BCUT2D eigenvalue weighted by Crippen LogP contribution is 2.53. The predicted octanol–water partition coefficient (Wildman–Crippen LogP) is 12.9. The summed E-state index contributed by atoms with van der Waals surface area (Å²) < 4.78 is 43.3. The van der Waals surface area contributed by atoms with E-state index in [0.717, 1.165) is 136 Å². The fourth-order valence-corrected chi connectivity index (χ4v) is 22.2. The maximum Gasteiger partial charge on any atom is 0.225 e. The smallest absolute Gasteiger partial charge is 0.225 e. The van der Waals surface area contributed by atoms with E-state index in [1.165, 1.54) is 40.3 Å². The van der Waals surface area contributed by atoms with Gasteiger partial charge in [-0.15, -0.1) is 34.0 Å². The largest absolute Gasteiger partial charge is 0.390 e. The van der Waals surface area contributed by atoms with E-state index in [1.54, 1.807) is 19.3 Å². The number of aliphatic hydroxyl groups is 4. The van der Waals surface area contributed by atoms with Gasteiger partial charge >= 0.3 is 0 Å². The lowest BCUT2D eigenvalue weighted by Crippen LogP contribution is -2.49. The van der Waals surface area contributed by atoms with Crippen molar-refractivity contribution in [1.82, 2.24) is 59.8 Å². The molecule has 1 aromatic carbocycles. The van der Waals surface area contributed by atoms with Gasteiger partial charge in [-0.05, 0) is 210 Å². The van der Waals surface area contributed by atoms with Gasteiger partial charge in [0.15, 0.2) is 5.72 Å². The highest BCUT2D eigenvalue weighted by molar-refractivity contribution is 7.90. The molecule has 18 rings (SSSR count). The second-order valence-corrected chi connectivity index (χ2v) is 38.7. The van der Waals surface area contributed by atoms with Gasteiger partial charge in [-0.1, -0.05) is 24.3 Å². The van der Waals surface area contributed by atoms with E-state index in [1.807, 2.05) is 70.3 Å². The zero-order valence-electron chi connectivity index (χ0n) is 63.9. The number of nitrogens with zero attached hydrogens (tertiary/aromatic N) is 12. The van der Waals surface area contributed by atoms with E-state index < -0.39 is 63.6 Å². The number of rotatable bonds is 29. The number of fused-ring (bicyclic) bond motifs is 3. The fraction of sp³-hybridized carbons (Fsp3) is 0.556. The summed E-state index contributed by atoms with van der Waals surface area (Å²) in [5.41, 5.74) is 7.27. The molecule has 0 spiro atoms. The minimum absolute atomic E-state index is 0.0293. The maximum absolute atomic E-state index is 13.4. The topological polar surface area (TPSA) is 360 Å². The van der Waals surface area contributed by atoms with Gasteiger partial charge in [-0.3, -0.25) is 15.0 Å². The molecular formula is C81H98N18O8S4. The molecule has 13 unspecified atom stereocenters. The van der Waals surface area contributed by atoms with Gasteiger partial charge in [-0.2, -0.15) is 15.0 Å². The zero-order chi connectivity index (χ0) is 76.5. The number of hydrogen-bond donors (Lipinski definition) is 10. The third kappa shape index (κ3) is 15.4. The van der Waals surface area contributed by atoms with Crippen LogP contribution >= 0.6 is 34.0 Å². The Kier molecular flexibility index (Phi) is 19.8. The lowest BCUT2D eigenvalue weighted by atomic mass is 9.93. The standard InChI is InChI=1S/C81H98N18O8S4/c1-38(46-15-16-46)85-77-87-41(4)62(74-93-64-43(6)82-28-24-57(64)108-74)72(97-77)92-60-33-50(37-111(8,104)105)69(80(60,7)102)106-35-45-12-9-11-44(31-45)32-54-65-58(25-29-83-54)109-76(94-65)63-42(5)88-78(86-39(2)47-17-18-47)98-73(63)99-81(103)27-23-52(48-19-20-48)70(81)107-36-56-66-59(26-30-84-56)110-75(95-66)61-40(3)89-79(90-51-13-10-14-51)96-71(61)91-55-34-53(49-21-22-49)67(100)68(55)101/h9,11-12,24-26,28-31,38-39,46-53,55,60,67-70,100-103H,10,13-23,27,32-37H2,1-8H3,(H2,85,87,92,97)(H2,86,88,98,99)(H2,89,90,91,96). The minimum atomic E-state index is -3.53. The molecule has 0 saturated heterocycles. The van der Waals surface area contributed by atoms with Crippen LogP contribution in [0.5, 0.6) is 0 Å². The first-order chi connectivity index (χ1) is 53.4. The lowest BCUT2D eigenvalue weighted by Gasteiger charge is -2.34. The van der Waals surface area contributed by atoms with E-state index in [0.29, 0.717) is 133 Å². The van der Waals surface area contributed by atoms with Crippen LogP contribution in [-0.4, -0.2) is 167 Å². The van der Waals surface area contributed by atoms with Gasteiger partial charge in [-0.25, -0.2) is 38.3 Å². The van der Waals surface area contributed by atoms with Crippen LogP contribution in [0.4, 0.5) is 35.3 Å². The summed E-state index contributed by atoms with van der Waals surface area (Å²) in [6.45, 7) is 14.0. The average molecular weight is 1580 g/mol. The van der Waals surface area contributed by atoms with Crippen LogP contribution in [0, 0.1) is 69.1 Å². The molecule has 111 heavy (non-hydrogen) atoms. The van der Waals surface area contributed by atoms with E-state index in [4.69, 9.17) is 64.3 Å². The van der Waals surface area contributed by atoms with Crippen molar-refractivity contribution in [3.05, 3.63) is 106 Å². The van der Waals surface area contributed by atoms with Gasteiger partial charge in [0.05, 0.1) is 108 Å². The van der Waals surface area contributed by atoms with Gasteiger partial charge in [0, 0.05) is 55.3 Å². The molecule has 8 aliphatic carbocycles. The molecule has 9 heterocycles. The summed E-state index contributed by atoms with van der Waals surface area (Å²) in [7, 11) is -3.53. The van der Waals surface area contributed by atoms with Crippen molar-refractivity contribution in [2.75, 3.05) is 43.9 Å². The Morgan fingerprint density at radius 1 is 0.559 bits per heavy atom. The quantitative estimate of drug-likeness (QED) is 0.0195. The van der Waals surface area contributed by atoms with Crippen molar-refractivity contribution >= 4 is 110 Å². The van der Waals surface area contributed by atoms with Crippen LogP contribution in [0.2, 0.25) is 0 Å². The second kappa shape index (κ2) is 29.5. The molecule has 0 aliphatic heterocycles. The maximum atomic E-state index is 13.4. The van der Waals surface area contributed by atoms with Crippen LogP contribution in [0.15, 0.2) is 61.1 Å². The Bertz CT molecular complexity index is 5320. The molecule has 30 heteroatoms. The lowest BCUT2D eigenvalue weighted by molar-refractivity contribution is -0.102. The molecule has 13 atom stereocenters. The fourth-order valence-electron chi connectivity index (χ4n) is 17.9. The molecular weight excluding hydrogens is 1480 g/mol. The first-order valence-electron chi connectivity index (χ1n) is 39.7. The number of thiazole rings is 3. The van der Waals surface area contributed by atoms with E-state index in [-0.39, 0.29) is 49.3 Å². The van der Waals surface area contributed by atoms with Gasteiger partial charge in [0.25, 0.3) is 0 Å². The molecule has 584 valence electrons. The van der Waals surface area contributed by atoms with Gasteiger partial charge in [0.2, 0.25) is 17.8 Å². The SMILES string of the molecule is Cc1nc(NC(C)C2CC2)nc(NC2CC(CS(C)(=O)=O)C(OCc3cccc(Cc4nccc5sc(-c6c(C)nc(NC(C)C7CC7)nc6NC6(O)CCC(C7CC7)C6OCc6nccc7sc(-c8c(C)nc(NC9CCC9)nc8NC8CC(C9CC9)C(O)C8O)nc67)nc45)c3)C2(C)O)c1-c1nc2c(C)nccc2s1. The van der Waals surface area contributed by atoms with E-state index >= 15 is 0 Å². The molecule has 0 bridgehead atoms. The van der Waals surface area contributed by atoms with E-state index in [2.05, 4.69) is 56.8 Å². The molecule has 0 radical (unpaired) electrons. The Morgan fingerprint density at radius 2 is 1.10 bits per heavy atom. The Morgan fingerprint density at radius 3 is 1.70 bits per heavy atom. The minimum Gasteiger partial charge on any atom is -0.390 e. The first kappa shape index (κ1) is 74.5. The van der Waals surface area contributed by atoms with Crippen LogP contribution in [0.25, 0.3) is 62.4 Å². The number of benzene rings is 1. The van der Waals surface area contributed by atoms with Crippen molar-refractivity contribution in [1.29, 1.82) is 0 Å². The van der Waals surface area contributed by atoms with E-state index in [9.17, 15) is 28.8 Å². The number of aryl methyl sites for hydroxylation is 4. The van der Waals surface area contributed by atoms with Crippen LogP contribution in [0.3, 0.4) is 0 Å². The summed E-state index contributed by atoms with van der Waals surface area (Å²) in [5.74, 6) is 4.12. The summed E-state index contributed by atoms with van der Waals surface area (Å²) in [6.07, 6.45) is 17.8. The molecule has 10 aromatic rings. The third-order valence-electron chi connectivity index (χ3n) is 24.8. The highest BCUT2D eigenvalue weighted by Gasteiger charge is 2.56. The van der Waals surface area contributed by atoms with Crippen LogP contribution < -0.4 is 31.9 Å². The molecule has 8 fully saturated rings. The molecule has 9 aromatic heterocycles. The molecule has 10 N–H and O–H groups in total. The van der Waals surface area contributed by atoms with Crippen molar-refractivity contribution < 1.29 is 38.3 Å². The number of ether oxygens (including phenoxy) is 2. The average Bonchev–Trinajstić information content (AvgIpc) is 1.67. The Balaban J connectivity index is 0.603. The summed E-state index contributed by atoms with van der Waals surface area (Å²) >= 11 is 4.56. The molecule has 26 nitrogen and oxygen atoms in total. The number of nitrogens with one attached hydrogen (secondary N) is 6. The van der Waals surface area contributed by atoms with Gasteiger partial charge < -0.3 is 61.8 Å². The predicted molar refractivity (Wildman–Crippen MR) is 434 cm³/mol. The van der Waals surface area contributed by atoms with Crippen molar-refractivity contribution in [2.45, 2.75) is 230 Å². The number of aromatic nitrogens is 12. The second-order valence-electron chi connectivity index (χ2n) is 33.4. The number of aliphatic hydroxyl groups excluding tert-OH is 2. The molecule has 8 aliphatic rings. The van der Waals surface area contributed by atoms with Gasteiger partial charge in [0.1, 0.15) is 76.7 Å². The summed E-state index contributed by atoms with van der Waals surface area (Å²) in [5, 5.41) is 72.5. The Hall–Kier alpha value is -7.91. The number of sulfone groups is 1. The molecule has 0 amide bonds. The number of pyridine rings is 3. The zero-order valence-corrected chi connectivity index (χ0v) is 67.1. The van der Waals surface area contributed by atoms with Crippen LogP contribution in [0.1, 0.15) is 162 Å².